The van der Waals surface area contributed by atoms with Gasteiger partial charge in [0, 0.05) is 5.02 Å². The first-order valence-corrected chi connectivity index (χ1v) is 11.5. The highest BCUT2D eigenvalue weighted by Crippen LogP contribution is 2.40. The summed E-state index contributed by atoms with van der Waals surface area (Å²) in [4.78, 5) is 26.3. The van der Waals surface area contributed by atoms with Crippen molar-refractivity contribution in [2.75, 3.05) is 0 Å². The summed E-state index contributed by atoms with van der Waals surface area (Å²) in [6.07, 6.45) is -2.22. The average Bonchev–Trinajstić information content (AvgIpc) is 3.03. The van der Waals surface area contributed by atoms with Crippen LogP contribution in [0.5, 0.6) is 0 Å². The van der Waals surface area contributed by atoms with Crippen molar-refractivity contribution in [1.82, 2.24) is 4.90 Å². The largest absolute Gasteiger partial charge is 0.399 e. The van der Waals surface area contributed by atoms with Crippen molar-refractivity contribution in [3.63, 3.8) is 0 Å². The van der Waals surface area contributed by atoms with Crippen molar-refractivity contribution in [2.45, 2.75) is 25.6 Å². The molecule has 3 nitrogen and oxygen atoms in total. The van der Waals surface area contributed by atoms with Crippen molar-refractivity contribution < 1.29 is 22.8 Å². The number of amides is 2. The van der Waals surface area contributed by atoms with E-state index in [-0.39, 0.29) is 27.2 Å². The molecule has 3 aromatic carbocycles. The Morgan fingerprint density at radius 3 is 2.09 bits per heavy atom. The van der Waals surface area contributed by atoms with Crippen LogP contribution in [0.15, 0.2) is 60.7 Å². The second kappa shape index (κ2) is 9.69. The van der Waals surface area contributed by atoms with Crippen LogP contribution in [0.3, 0.4) is 0 Å². The number of hydrogen-bond acceptors (Lipinski definition) is 2. The summed E-state index contributed by atoms with van der Waals surface area (Å²) in [7, 11) is 0. The smallest absolute Gasteiger partial charge is 0.270 e. The second-order valence-corrected chi connectivity index (χ2v) is 9.30. The van der Waals surface area contributed by atoms with Gasteiger partial charge >= 0.3 is 6.18 Å². The fraction of sp³-hybridized carbons (Fsp3) is 0.154. The van der Waals surface area contributed by atoms with Crippen LogP contribution in [0.25, 0.3) is 6.08 Å². The van der Waals surface area contributed by atoms with Gasteiger partial charge in [0.1, 0.15) is 0 Å². The molecule has 9 heteroatoms. The molecule has 1 aliphatic rings. The molecule has 1 atom stereocenters. The highest BCUT2D eigenvalue weighted by molar-refractivity contribution is 6.42. The molecule has 3 aromatic rings. The lowest BCUT2D eigenvalue weighted by molar-refractivity contribution is -0.139. The minimum atomic E-state index is -4.56. The molecule has 1 heterocycles. The SMILES string of the molecule is Cc1cc(C(/C=C/c2ccc(CN3C(=O)c4ccccc4C3=O)c(Cl)c2)C(F)(F)F)cc(Cl)c1Cl. The molecule has 0 bridgehead atoms. The normalized spacial score (nSPS) is 14.7. The summed E-state index contributed by atoms with van der Waals surface area (Å²) in [5.41, 5.74) is 1.97. The fourth-order valence-corrected chi connectivity index (χ4v) is 4.53. The molecule has 0 aromatic heterocycles. The quantitative estimate of drug-likeness (QED) is 0.308. The van der Waals surface area contributed by atoms with Gasteiger partial charge in [-0.15, -0.1) is 0 Å². The van der Waals surface area contributed by atoms with E-state index in [2.05, 4.69) is 0 Å². The van der Waals surface area contributed by atoms with Crippen LogP contribution in [0, 0.1) is 6.92 Å². The zero-order valence-corrected chi connectivity index (χ0v) is 20.4. The number of halogens is 6. The van der Waals surface area contributed by atoms with Gasteiger partial charge < -0.3 is 0 Å². The summed E-state index contributed by atoms with van der Waals surface area (Å²) in [6, 6.07) is 13.7. The van der Waals surface area contributed by atoms with Crippen molar-refractivity contribution in [3.05, 3.63) is 109 Å². The maximum atomic E-state index is 13.8. The van der Waals surface area contributed by atoms with Gasteiger partial charge in [0.15, 0.2) is 0 Å². The average molecular weight is 539 g/mol. The highest BCUT2D eigenvalue weighted by Gasteiger charge is 2.39. The predicted octanol–water partition coefficient (Wildman–Crippen LogP) is 8.11. The Morgan fingerprint density at radius 1 is 0.914 bits per heavy atom. The molecule has 0 N–H and O–H groups in total. The Kier molecular flexibility index (Phi) is 7.00. The van der Waals surface area contributed by atoms with Crippen LogP contribution in [-0.2, 0) is 6.54 Å². The van der Waals surface area contributed by atoms with Gasteiger partial charge in [-0.3, -0.25) is 14.5 Å². The van der Waals surface area contributed by atoms with E-state index < -0.39 is 23.9 Å². The van der Waals surface area contributed by atoms with E-state index in [1.165, 1.54) is 24.3 Å². The molecule has 35 heavy (non-hydrogen) atoms. The van der Waals surface area contributed by atoms with Crippen LogP contribution in [-0.4, -0.2) is 22.9 Å². The summed E-state index contributed by atoms with van der Waals surface area (Å²) in [5, 5.41) is 0.475. The fourth-order valence-electron chi connectivity index (χ4n) is 3.90. The number of alkyl halides is 3. The third-order valence-corrected chi connectivity index (χ3v) is 6.96. The Balaban J connectivity index is 1.57. The first-order chi connectivity index (χ1) is 16.5. The molecule has 0 spiro atoms. The van der Waals surface area contributed by atoms with Crippen molar-refractivity contribution in [1.29, 1.82) is 0 Å². The molecule has 180 valence electrons. The molecule has 4 rings (SSSR count). The van der Waals surface area contributed by atoms with E-state index >= 15 is 0 Å². The van der Waals surface area contributed by atoms with Gasteiger partial charge in [-0.05, 0) is 53.4 Å². The molecule has 0 aliphatic carbocycles. The first kappa shape index (κ1) is 25.3. The molecule has 0 fully saturated rings. The van der Waals surface area contributed by atoms with Gasteiger partial charge in [-0.2, -0.15) is 13.2 Å². The third kappa shape index (κ3) is 5.10. The van der Waals surface area contributed by atoms with Crippen LogP contribution in [0.2, 0.25) is 15.1 Å². The Labute approximate surface area is 214 Å². The van der Waals surface area contributed by atoms with Crippen LogP contribution >= 0.6 is 34.8 Å². The number of benzene rings is 3. The Hall–Kier alpha value is -2.80. The van der Waals surface area contributed by atoms with Crippen molar-refractivity contribution in [3.8, 4) is 0 Å². The standard InChI is InChI=1S/C26H17Cl3F3NO2/c1-14-10-17(12-22(28)23(14)29)20(26(30,31)32)9-7-15-6-8-16(21(27)11-15)13-33-24(34)18-4-2-3-5-19(18)25(33)35/h2-12,20H,13H2,1H3/b9-7+. The number of carbonyl (C=O) groups excluding carboxylic acids is 2. The van der Waals surface area contributed by atoms with Gasteiger partial charge in [0.25, 0.3) is 11.8 Å². The molecule has 0 saturated heterocycles. The van der Waals surface area contributed by atoms with Gasteiger partial charge in [0.05, 0.1) is 33.6 Å². The molecule has 0 radical (unpaired) electrons. The number of aryl methyl sites for hydroxylation is 1. The highest BCUT2D eigenvalue weighted by atomic mass is 35.5. The minimum Gasteiger partial charge on any atom is -0.270 e. The van der Waals surface area contributed by atoms with Crippen molar-refractivity contribution in [2.24, 2.45) is 0 Å². The lowest BCUT2D eigenvalue weighted by Crippen LogP contribution is -2.29. The topological polar surface area (TPSA) is 37.4 Å². The second-order valence-electron chi connectivity index (χ2n) is 8.10. The maximum absolute atomic E-state index is 13.8. The number of carbonyl (C=O) groups is 2. The number of allylic oxidation sites excluding steroid dienone is 1. The van der Waals surface area contributed by atoms with Gasteiger partial charge in [-0.1, -0.05) is 77.3 Å². The van der Waals surface area contributed by atoms with E-state index in [1.807, 2.05) is 0 Å². The number of fused-ring (bicyclic) bond motifs is 1. The van der Waals surface area contributed by atoms with E-state index in [0.717, 1.165) is 11.0 Å². The van der Waals surface area contributed by atoms with Gasteiger partial charge in [-0.25, -0.2) is 0 Å². The molecule has 1 unspecified atom stereocenters. The molecular weight excluding hydrogens is 522 g/mol. The summed E-state index contributed by atoms with van der Waals surface area (Å²) in [5.74, 6) is -2.75. The number of nitrogens with zero attached hydrogens (tertiary/aromatic N) is 1. The summed E-state index contributed by atoms with van der Waals surface area (Å²) in [6.45, 7) is 1.53. The van der Waals surface area contributed by atoms with Crippen LogP contribution in [0.4, 0.5) is 13.2 Å². The Bertz CT molecular complexity index is 1310. The van der Waals surface area contributed by atoms with E-state index in [4.69, 9.17) is 34.8 Å². The van der Waals surface area contributed by atoms with E-state index in [9.17, 15) is 22.8 Å². The predicted molar refractivity (Wildman–Crippen MR) is 131 cm³/mol. The van der Waals surface area contributed by atoms with Crippen LogP contribution < -0.4 is 0 Å². The lowest BCUT2D eigenvalue weighted by Gasteiger charge is -2.19. The number of imide groups is 1. The molecule has 0 saturated carbocycles. The lowest BCUT2D eigenvalue weighted by atomic mass is 9.95. The van der Waals surface area contributed by atoms with Crippen molar-refractivity contribution >= 4 is 52.7 Å². The van der Waals surface area contributed by atoms with E-state index in [1.54, 1.807) is 43.3 Å². The van der Waals surface area contributed by atoms with Gasteiger partial charge in [0.2, 0.25) is 0 Å². The number of hydrogen-bond donors (Lipinski definition) is 0. The van der Waals surface area contributed by atoms with Crippen LogP contribution in [0.1, 0.15) is 48.9 Å². The minimum absolute atomic E-state index is 0.0333. The molecule has 2 amide bonds. The Morgan fingerprint density at radius 2 is 1.54 bits per heavy atom. The first-order valence-electron chi connectivity index (χ1n) is 10.4. The summed E-state index contributed by atoms with van der Waals surface area (Å²) < 4.78 is 41.4. The third-order valence-electron chi connectivity index (χ3n) is 5.71. The monoisotopic (exact) mass is 537 g/mol. The molecular formula is C26H17Cl3F3NO2. The zero-order valence-electron chi connectivity index (χ0n) is 18.2. The zero-order chi connectivity index (χ0) is 25.5. The van der Waals surface area contributed by atoms with E-state index in [0.29, 0.717) is 27.8 Å². The maximum Gasteiger partial charge on any atom is 0.399 e. The number of rotatable bonds is 5. The molecule has 1 aliphatic heterocycles. The summed E-state index contributed by atoms with van der Waals surface area (Å²) >= 11 is 18.3.